The molecule has 0 saturated carbocycles. The van der Waals surface area contributed by atoms with E-state index in [1.54, 1.807) is 0 Å². The fraction of sp³-hybridized carbons (Fsp3) is 0.792. The van der Waals surface area contributed by atoms with E-state index in [1.807, 2.05) is 0 Å². The second kappa shape index (κ2) is 42.0. The van der Waals surface area contributed by atoms with Crippen LogP contribution in [0.4, 0.5) is 0 Å². The van der Waals surface area contributed by atoms with Crippen molar-refractivity contribution in [2.75, 3.05) is 6.61 Å². The van der Waals surface area contributed by atoms with Crippen molar-refractivity contribution in [2.24, 2.45) is 0 Å². The number of aliphatic hydroxyl groups is 2. The van der Waals surface area contributed by atoms with E-state index in [4.69, 9.17) is 4.74 Å². The molecule has 1 amide bonds. The molecule has 6 heteroatoms. The standard InChI is InChI=1S/C48H87NO5/c1-4-7-10-13-16-19-20-21-22-23-24-25-26-29-32-35-38-41-48(53)54-44(39-36-33-30-27-17-14-11-8-5-2)42-47(52)49-45(43-50)46(51)40-37-34-31-28-18-15-12-9-6-3/h16,19,21-22,24-25,29,32,44-46,50-51H,4-15,17-18,20,23,26-28,30-31,33-43H2,1-3H3,(H,49,52)/b19-16-,22-21-,25-24-,32-29-. The zero-order valence-corrected chi connectivity index (χ0v) is 35.6. The molecule has 6 nitrogen and oxygen atoms in total. The molecule has 0 aliphatic carbocycles. The predicted molar refractivity (Wildman–Crippen MR) is 232 cm³/mol. The summed E-state index contributed by atoms with van der Waals surface area (Å²) in [6.45, 7) is 6.39. The van der Waals surface area contributed by atoms with Crippen LogP contribution in [0, 0.1) is 0 Å². The lowest BCUT2D eigenvalue weighted by atomic mass is 10.0. The topological polar surface area (TPSA) is 95.9 Å². The Morgan fingerprint density at radius 3 is 1.43 bits per heavy atom. The molecule has 0 spiro atoms. The molecule has 314 valence electrons. The highest BCUT2D eigenvalue weighted by Crippen LogP contribution is 2.17. The Morgan fingerprint density at radius 2 is 0.944 bits per heavy atom. The number of ether oxygens (including phenoxy) is 1. The third-order valence-corrected chi connectivity index (χ3v) is 10.2. The number of rotatable bonds is 40. The first-order valence-electron chi connectivity index (χ1n) is 22.9. The normalized spacial score (nSPS) is 13.8. The van der Waals surface area contributed by atoms with E-state index in [0.29, 0.717) is 25.7 Å². The Morgan fingerprint density at radius 1 is 0.537 bits per heavy atom. The van der Waals surface area contributed by atoms with Crippen LogP contribution in [0.2, 0.25) is 0 Å². The van der Waals surface area contributed by atoms with Gasteiger partial charge in [0.2, 0.25) is 5.91 Å². The summed E-state index contributed by atoms with van der Waals surface area (Å²) >= 11 is 0. The molecule has 0 bridgehead atoms. The number of allylic oxidation sites excluding steroid dienone is 8. The maximum atomic E-state index is 13.1. The number of hydrogen-bond acceptors (Lipinski definition) is 5. The average molecular weight is 758 g/mol. The molecule has 3 atom stereocenters. The summed E-state index contributed by atoms with van der Waals surface area (Å²) in [6, 6.07) is -0.707. The minimum absolute atomic E-state index is 0.0567. The van der Waals surface area contributed by atoms with Crippen molar-refractivity contribution in [3.8, 4) is 0 Å². The van der Waals surface area contributed by atoms with E-state index in [1.165, 1.54) is 103 Å². The second-order valence-electron chi connectivity index (χ2n) is 15.5. The quantitative estimate of drug-likeness (QED) is 0.0329. The number of aliphatic hydroxyl groups excluding tert-OH is 2. The molecule has 0 aliphatic rings. The smallest absolute Gasteiger partial charge is 0.306 e. The van der Waals surface area contributed by atoms with Gasteiger partial charge in [-0.2, -0.15) is 0 Å². The summed E-state index contributed by atoms with van der Waals surface area (Å²) in [5.74, 6) is -0.543. The Labute approximate surface area is 334 Å². The van der Waals surface area contributed by atoms with Crippen molar-refractivity contribution >= 4 is 11.9 Å². The lowest BCUT2D eigenvalue weighted by Crippen LogP contribution is -2.46. The summed E-state index contributed by atoms with van der Waals surface area (Å²) < 4.78 is 5.86. The van der Waals surface area contributed by atoms with E-state index < -0.39 is 18.2 Å². The molecule has 3 N–H and O–H groups in total. The van der Waals surface area contributed by atoms with E-state index in [0.717, 1.165) is 64.2 Å². The summed E-state index contributed by atoms with van der Waals surface area (Å²) in [5, 5.41) is 23.5. The van der Waals surface area contributed by atoms with Crippen LogP contribution in [0.5, 0.6) is 0 Å². The summed E-state index contributed by atoms with van der Waals surface area (Å²) in [7, 11) is 0. The molecule has 0 radical (unpaired) electrons. The van der Waals surface area contributed by atoms with Gasteiger partial charge in [0.05, 0.1) is 25.2 Å². The first-order chi connectivity index (χ1) is 26.5. The Bertz CT molecular complexity index is 941. The molecule has 0 aromatic rings. The highest BCUT2D eigenvalue weighted by Gasteiger charge is 2.24. The van der Waals surface area contributed by atoms with Crippen LogP contribution in [0.3, 0.4) is 0 Å². The number of unbranched alkanes of at least 4 members (excludes halogenated alkanes) is 20. The lowest BCUT2D eigenvalue weighted by molar-refractivity contribution is -0.151. The first-order valence-corrected chi connectivity index (χ1v) is 22.9. The second-order valence-corrected chi connectivity index (χ2v) is 15.5. The molecular formula is C48H87NO5. The van der Waals surface area contributed by atoms with E-state index >= 15 is 0 Å². The predicted octanol–water partition coefficient (Wildman–Crippen LogP) is 13.1. The molecule has 0 aromatic carbocycles. The average Bonchev–Trinajstić information content (AvgIpc) is 3.16. The largest absolute Gasteiger partial charge is 0.462 e. The lowest BCUT2D eigenvalue weighted by Gasteiger charge is -2.24. The third kappa shape index (κ3) is 36.8. The molecule has 0 aromatic heterocycles. The first kappa shape index (κ1) is 51.8. The fourth-order valence-electron chi connectivity index (χ4n) is 6.66. The molecular weight excluding hydrogens is 671 g/mol. The van der Waals surface area contributed by atoms with Gasteiger partial charge in [-0.15, -0.1) is 0 Å². The third-order valence-electron chi connectivity index (χ3n) is 10.2. The van der Waals surface area contributed by atoms with Crippen LogP contribution in [-0.2, 0) is 14.3 Å². The van der Waals surface area contributed by atoms with Gasteiger partial charge in [-0.3, -0.25) is 9.59 Å². The van der Waals surface area contributed by atoms with Crippen molar-refractivity contribution in [1.29, 1.82) is 0 Å². The van der Waals surface area contributed by atoms with Gasteiger partial charge in [0.1, 0.15) is 6.10 Å². The number of hydrogen-bond donors (Lipinski definition) is 3. The summed E-state index contributed by atoms with van der Waals surface area (Å²) in [5.41, 5.74) is 0. The SMILES string of the molecule is CCCCC/C=C\C/C=C\C/C=C\C/C=C\CCCC(=O)OC(CCCCCCCCCCC)CC(=O)NC(CO)C(O)CCCCCCCCCCC. The monoisotopic (exact) mass is 758 g/mol. The van der Waals surface area contributed by atoms with Gasteiger partial charge in [-0.05, 0) is 64.2 Å². The Kier molecular flexibility index (Phi) is 40.3. The fourth-order valence-corrected chi connectivity index (χ4v) is 6.66. The highest BCUT2D eigenvalue weighted by atomic mass is 16.5. The number of amides is 1. The summed E-state index contributed by atoms with van der Waals surface area (Å²) in [4.78, 5) is 25.9. The number of carbonyl (C=O) groups is 2. The zero-order chi connectivity index (χ0) is 39.6. The van der Waals surface area contributed by atoms with Crippen LogP contribution in [0.1, 0.15) is 220 Å². The molecule has 0 heterocycles. The van der Waals surface area contributed by atoms with Crippen LogP contribution in [0.25, 0.3) is 0 Å². The van der Waals surface area contributed by atoms with Crippen LogP contribution in [0.15, 0.2) is 48.6 Å². The molecule has 0 aliphatic heterocycles. The van der Waals surface area contributed by atoms with Crippen molar-refractivity contribution in [2.45, 2.75) is 238 Å². The van der Waals surface area contributed by atoms with Crippen LogP contribution >= 0.6 is 0 Å². The van der Waals surface area contributed by atoms with Gasteiger partial charge in [-0.1, -0.05) is 191 Å². The minimum Gasteiger partial charge on any atom is -0.462 e. The van der Waals surface area contributed by atoms with Crippen molar-refractivity contribution in [3.63, 3.8) is 0 Å². The van der Waals surface area contributed by atoms with Crippen molar-refractivity contribution < 1.29 is 24.5 Å². The maximum Gasteiger partial charge on any atom is 0.306 e. The summed E-state index contributed by atoms with van der Waals surface area (Å²) in [6.07, 6.45) is 48.9. The molecule has 0 rings (SSSR count). The number of carbonyl (C=O) groups excluding carboxylic acids is 2. The van der Waals surface area contributed by atoms with E-state index in [2.05, 4.69) is 74.7 Å². The van der Waals surface area contributed by atoms with Gasteiger partial charge in [0.25, 0.3) is 0 Å². The molecule has 3 unspecified atom stereocenters. The highest BCUT2D eigenvalue weighted by molar-refractivity contribution is 5.77. The molecule has 0 fully saturated rings. The van der Waals surface area contributed by atoms with E-state index in [9.17, 15) is 19.8 Å². The van der Waals surface area contributed by atoms with Gasteiger partial charge in [0.15, 0.2) is 0 Å². The Balaban J connectivity index is 4.61. The van der Waals surface area contributed by atoms with Crippen molar-refractivity contribution in [3.05, 3.63) is 48.6 Å². The maximum absolute atomic E-state index is 13.1. The van der Waals surface area contributed by atoms with Crippen molar-refractivity contribution in [1.82, 2.24) is 5.32 Å². The van der Waals surface area contributed by atoms with Gasteiger partial charge in [-0.25, -0.2) is 0 Å². The van der Waals surface area contributed by atoms with Crippen LogP contribution < -0.4 is 5.32 Å². The number of nitrogens with one attached hydrogen (secondary N) is 1. The number of esters is 1. The van der Waals surface area contributed by atoms with Gasteiger partial charge < -0.3 is 20.3 Å². The van der Waals surface area contributed by atoms with Gasteiger partial charge in [0, 0.05) is 6.42 Å². The minimum atomic E-state index is -0.792. The van der Waals surface area contributed by atoms with Gasteiger partial charge >= 0.3 is 5.97 Å². The molecule has 0 saturated heterocycles. The van der Waals surface area contributed by atoms with E-state index in [-0.39, 0.29) is 24.9 Å². The molecule has 54 heavy (non-hydrogen) atoms. The zero-order valence-electron chi connectivity index (χ0n) is 35.6. The van der Waals surface area contributed by atoms with Crippen LogP contribution in [-0.4, -0.2) is 46.9 Å². The Hall–Kier alpha value is -2.18.